The van der Waals surface area contributed by atoms with E-state index in [0.717, 1.165) is 23.6 Å². The van der Waals surface area contributed by atoms with Gasteiger partial charge in [-0.25, -0.2) is 13.2 Å². The number of benzene rings is 2. The van der Waals surface area contributed by atoms with Gasteiger partial charge in [0.05, 0.1) is 11.4 Å². The van der Waals surface area contributed by atoms with E-state index in [9.17, 15) is 22.8 Å². The molecule has 12 heteroatoms. The van der Waals surface area contributed by atoms with Crippen LogP contribution in [0.2, 0.25) is 5.02 Å². The van der Waals surface area contributed by atoms with E-state index in [1.807, 2.05) is 20.8 Å². The van der Waals surface area contributed by atoms with Crippen LogP contribution in [0.4, 0.5) is 4.79 Å². The topological polar surface area (TPSA) is 125 Å². The fourth-order valence-corrected chi connectivity index (χ4v) is 6.91. The molecule has 0 spiro atoms. The maximum absolute atomic E-state index is 13.2. The van der Waals surface area contributed by atoms with E-state index in [1.54, 1.807) is 41.3 Å². The summed E-state index contributed by atoms with van der Waals surface area (Å²) in [6, 6.07) is 10.3. The highest BCUT2D eigenvalue weighted by Gasteiger charge is 2.31. The molecule has 0 atom stereocenters. The Morgan fingerprint density at radius 2 is 1.56 bits per heavy atom. The highest BCUT2D eigenvalue weighted by molar-refractivity contribution is 7.89. The number of alkyl carbamates (subject to hydrolysis) is 1. The lowest BCUT2D eigenvalue weighted by Gasteiger charge is -2.34. The van der Waals surface area contributed by atoms with Gasteiger partial charge in [0.25, 0.3) is 0 Å². The van der Waals surface area contributed by atoms with Gasteiger partial charge < -0.3 is 20.3 Å². The van der Waals surface area contributed by atoms with Crippen LogP contribution in [0.25, 0.3) is 10.8 Å². The number of amides is 3. The Bertz CT molecular complexity index is 1380. The van der Waals surface area contributed by atoms with Crippen molar-refractivity contribution in [3.63, 3.8) is 0 Å². The fourth-order valence-electron chi connectivity index (χ4n) is 5.27. The Balaban J connectivity index is 1.18. The smallest absolute Gasteiger partial charge is 0.407 e. The number of carbonyl (C=O) groups is 3. The third-order valence-corrected chi connectivity index (χ3v) is 9.70. The van der Waals surface area contributed by atoms with E-state index in [0.29, 0.717) is 24.4 Å². The minimum absolute atomic E-state index is 0.112. The molecule has 2 aromatic carbocycles. The molecule has 224 valence electrons. The summed E-state index contributed by atoms with van der Waals surface area (Å²) < 4.78 is 33.1. The number of fused-ring (bicyclic) bond motifs is 1. The van der Waals surface area contributed by atoms with Crippen molar-refractivity contribution in [1.29, 1.82) is 0 Å². The lowest BCUT2D eigenvalue weighted by molar-refractivity contribution is -0.135. The number of hydrogen-bond acceptors (Lipinski definition) is 6. The first-order valence-corrected chi connectivity index (χ1v) is 15.9. The van der Waals surface area contributed by atoms with E-state index >= 15 is 0 Å². The third-order valence-electron chi connectivity index (χ3n) is 7.57. The van der Waals surface area contributed by atoms with Crippen LogP contribution in [-0.2, 0) is 24.3 Å². The highest BCUT2D eigenvalue weighted by Crippen LogP contribution is 2.29. The number of nitrogens with zero attached hydrogens (tertiary/aromatic N) is 2. The summed E-state index contributed by atoms with van der Waals surface area (Å²) in [5, 5.41) is 7.80. The number of nitrogens with one attached hydrogen (secondary N) is 2. The standard InChI is InChI=1S/C29H39ClN4O6S/c1-29(2,3)40-28(37)32-18-20-4-6-21(7-5-20)27(36)31-19-26(35)33-12-14-34(15-13-33)41(38,39)25-11-9-22-16-24(30)10-8-23(22)17-25/h8-11,16-17,20-21H,4-7,12-15,18-19H2,1-3H3,(H,31,36)(H,32,37)/t20-,21-. The van der Waals surface area contributed by atoms with Crippen LogP contribution in [0, 0.1) is 11.8 Å². The van der Waals surface area contributed by atoms with Gasteiger partial charge in [-0.15, -0.1) is 0 Å². The molecule has 1 aliphatic carbocycles. The Morgan fingerprint density at radius 1 is 0.927 bits per heavy atom. The van der Waals surface area contributed by atoms with Crippen LogP contribution >= 0.6 is 11.6 Å². The van der Waals surface area contributed by atoms with Crippen LogP contribution in [-0.4, -0.2) is 80.4 Å². The maximum Gasteiger partial charge on any atom is 0.407 e. The second-order valence-electron chi connectivity index (χ2n) is 11.8. The van der Waals surface area contributed by atoms with Crippen LogP contribution in [0.15, 0.2) is 41.3 Å². The monoisotopic (exact) mass is 606 g/mol. The van der Waals surface area contributed by atoms with Crippen molar-refractivity contribution in [1.82, 2.24) is 19.8 Å². The van der Waals surface area contributed by atoms with Gasteiger partial charge in [-0.3, -0.25) is 9.59 Å². The molecular formula is C29H39ClN4O6S. The summed E-state index contributed by atoms with van der Waals surface area (Å²) in [5.74, 6) is -0.252. The largest absolute Gasteiger partial charge is 0.444 e. The Labute approximate surface area is 246 Å². The summed E-state index contributed by atoms with van der Waals surface area (Å²) in [7, 11) is -3.71. The average Bonchev–Trinajstić information content (AvgIpc) is 2.93. The fraction of sp³-hybridized carbons (Fsp3) is 0.552. The highest BCUT2D eigenvalue weighted by atomic mass is 35.5. The summed E-state index contributed by atoms with van der Waals surface area (Å²) in [6.07, 6.45) is 2.57. The van der Waals surface area contributed by atoms with Crippen molar-refractivity contribution in [3.8, 4) is 0 Å². The summed E-state index contributed by atoms with van der Waals surface area (Å²) in [6.45, 7) is 6.73. The molecule has 0 unspecified atom stereocenters. The molecule has 0 aromatic heterocycles. The van der Waals surface area contributed by atoms with Gasteiger partial charge >= 0.3 is 6.09 Å². The number of ether oxygens (including phenoxy) is 1. The van der Waals surface area contributed by atoms with Crippen molar-refractivity contribution in [2.45, 2.75) is 57.0 Å². The molecule has 10 nitrogen and oxygen atoms in total. The van der Waals surface area contributed by atoms with Crippen LogP contribution < -0.4 is 10.6 Å². The van der Waals surface area contributed by atoms with Crippen molar-refractivity contribution in [2.75, 3.05) is 39.3 Å². The molecule has 4 rings (SSSR count). The molecular weight excluding hydrogens is 568 g/mol. The van der Waals surface area contributed by atoms with Gasteiger partial charge in [-0.1, -0.05) is 23.7 Å². The van der Waals surface area contributed by atoms with Crippen molar-refractivity contribution in [3.05, 3.63) is 41.4 Å². The van der Waals surface area contributed by atoms with Gasteiger partial charge in [-0.2, -0.15) is 4.31 Å². The molecule has 1 saturated carbocycles. The van der Waals surface area contributed by atoms with Crippen molar-refractivity contribution < 1.29 is 27.5 Å². The molecule has 1 saturated heterocycles. The lowest BCUT2D eigenvalue weighted by Crippen LogP contribution is -2.52. The number of hydrogen-bond donors (Lipinski definition) is 2. The molecule has 41 heavy (non-hydrogen) atoms. The van der Waals surface area contributed by atoms with E-state index in [1.165, 1.54) is 4.31 Å². The summed E-state index contributed by atoms with van der Waals surface area (Å²) >= 11 is 6.03. The van der Waals surface area contributed by atoms with E-state index in [-0.39, 0.29) is 61.3 Å². The summed E-state index contributed by atoms with van der Waals surface area (Å²) in [4.78, 5) is 39.1. The first-order chi connectivity index (χ1) is 19.3. The zero-order valence-corrected chi connectivity index (χ0v) is 25.4. The molecule has 1 aliphatic heterocycles. The first kappa shape index (κ1) is 31.1. The number of carbonyl (C=O) groups excluding carboxylic acids is 3. The molecule has 2 aromatic rings. The van der Waals surface area contributed by atoms with Gasteiger partial charge in [-0.05, 0) is 87.4 Å². The lowest BCUT2D eigenvalue weighted by atomic mass is 9.81. The van der Waals surface area contributed by atoms with Gasteiger partial charge in [0.15, 0.2) is 0 Å². The van der Waals surface area contributed by atoms with E-state index in [4.69, 9.17) is 16.3 Å². The molecule has 2 fully saturated rings. The molecule has 0 bridgehead atoms. The van der Waals surface area contributed by atoms with Gasteiger partial charge in [0.2, 0.25) is 21.8 Å². The predicted octanol–water partition coefficient (Wildman–Crippen LogP) is 3.77. The average molecular weight is 607 g/mol. The quantitative estimate of drug-likeness (QED) is 0.494. The van der Waals surface area contributed by atoms with Crippen molar-refractivity contribution in [2.24, 2.45) is 11.8 Å². The van der Waals surface area contributed by atoms with Crippen LogP contribution in [0.5, 0.6) is 0 Å². The van der Waals surface area contributed by atoms with Crippen LogP contribution in [0.1, 0.15) is 46.5 Å². The molecule has 2 aliphatic rings. The minimum Gasteiger partial charge on any atom is -0.444 e. The number of halogens is 1. The second kappa shape index (κ2) is 13.0. The molecule has 2 N–H and O–H groups in total. The second-order valence-corrected chi connectivity index (χ2v) is 14.1. The SMILES string of the molecule is CC(C)(C)OC(=O)NC[C@H]1CC[C@H](C(=O)NCC(=O)N2CCN(S(=O)(=O)c3ccc4cc(Cl)ccc4c3)CC2)CC1. The number of piperazine rings is 1. The Kier molecular flexibility index (Phi) is 9.81. The zero-order chi connectivity index (χ0) is 29.8. The molecule has 3 amide bonds. The maximum atomic E-state index is 13.2. The Morgan fingerprint density at radius 3 is 2.22 bits per heavy atom. The zero-order valence-electron chi connectivity index (χ0n) is 23.8. The van der Waals surface area contributed by atoms with Gasteiger partial charge in [0.1, 0.15) is 5.60 Å². The molecule has 0 radical (unpaired) electrons. The minimum atomic E-state index is -3.71. The van der Waals surface area contributed by atoms with Crippen LogP contribution in [0.3, 0.4) is 0 Å². The first-order valence-electron chi connectivity index (χ1n) is 14.0. The van der Waals surface area contributed by atoms with E-state index < -0.39 is 21.7 Å². The predicted molar refractivity (Wildman–Crippen MR) is 157 cm³/mol. The molecule has 1 heterocycles. The number of sulfonamides is 1. The third kappa shape index (κ3) is 8.33. The Hall–Kier alpha value is -2.89. The van der Waals surface area contributed by atoms with Gasteiger partial charge in [0, 0.05) is 43.7 Å². The normalized spacial score (nSPS) is 20.4. The van der Waals surface area contributed by atoms with E-state index in [2.05, 4.69) is 10.6 Å². The summed E-state index contributed by atoms with van der Waals surface area (Å²) in [5.41, 5.74) is -0.545. The van der Waals surface area contributed by atoms with Crippen molar-refractivity contribution >= 4 is 50.3 Å². The number of rotatable bonds is 7.